The monoisotopic (exact) mass is 648 g/mol. The molecule has 0 saturated carbocycles. The maximum absolute atomic E-state index is 14.6. The molecule has 0 spiro atoms. The highest BCUT2D eigenvalue weighted by atomic mass is 35.5. The molecule has 234 valence electrons. The number of fused-ring (bicyclic) bond motifs is 1. The van der Waals surface area contributed by atoms with Crippen LogP contribution in [0.2, 0.25) is 5.02 Å². The fraction of sp³-hybridized carbons (Fsp3) is 0.212. The average molecular weight is 649 g/mol. The van der Waals surface area contributed by atoms with Gasteiger partial charge in [0, 0.05) is 29.2 Å². The first kappa shape index (κ1) is 32.0. The summed E-state index contributed by atoms with van der Waals surface area (Å²) in [6.45, 7) is 0.0614. The number of hydrogen-bond acceptors (Lipinski definition) is 7. The molecule has 45 heavy (non-hydrogen) atoms. The van der Waals surface area contributed by atoms with Gasteiger partial charge in [-0.1, -0.05) is 54.1 Å². The molecule has 12 heteroatoms. The van der Waals surface area contributed by atoms with Gasteiger partial charge in [-0.15, -0.1) is 0 Å². The van der Waals surface area contributed by atoms with E-state index in [0.717, 1.165) is 11.1 Å². The molecule has 0 saturated heterocycles. The molecular weight excluding hydrogens is 616 g/mol. The van der Waals surface area contributed by atoms with Crippen molar-refractivity contribution in [3.63, 3.8) is 0 Å². The molecule has 5 rings (SSSR count). The highest BCUT2D eigenvalue weighted by Gasteiger charge is 2.29. The quantitative estimate of drug-likeness (QED) is 0.178. The van der Waals surface area contributed by atoms with Crippen molar-refractivity contribution in [1.29, 1.82) is 0 Å². The Hall–Kier alpha value is -4.42. The summed E-state index contributed by atoms with van der Waals surface area (Å²) >= 11 is 6.26. The van der Waals surface area contributed by atoms with Gasteiger partial charge in [-0.05, 0) is 59.2 Å². The highest BCUT2D eigenvalue weighted by molar-refractivity contribution is 7.89. The Morgan fingerprint density at radius 1 is 0.933 bits per heavy atom. The van der Waals surface area contributed by atoms with Crippen molar-refractivity contribution in [3.8, 4) is 11.5 Å². The molecule has 0 bridgehead atoms. The van der Waals surface area contributed by atoms with Crippen LogP contribution in [0.5, 0.6) is 11.5 Å². The number of methoxy groups -OCH3 is 2. The zero-order chi connectivity index (χ0) is 32.0. The number of carbonyl (C=O) groups is 1. The van der Waals surface area contributed by atoms with Crippen molar-refractivity contribution in [2.24, 2.45) is 0 Å². The molecule has 0 fully saturated rings. The van der Waals surface area contributed by atoms with E-state index in [-0.39, 0.29) is 49.2 Å². The van der Waals surface area contributed by atoms with Crippen molar-refractivity contribution in [3.05, 3.63) is 113 Å². The topological polar surface area (TPSA) is 123 Å². The molecule has 0 aliphatic rings. The van der Waals surface area contributed by atoms with Gasteiger partial charge in [0.15, 0.2) is 0 Å². The van der Waals surface area contributed by atoms with E-state index in [4.69, 9.17) is 21.1 Å². The minimum atomic E-state index is -4.20. The first-order valence-electron chi connectivity index (χ1n) is 14.1. The summed E-state index contributed by atoms with van der Waals surface area (Å²) in [6.07, 6.45) is 1.46. The Morgan fingerprint density at radius 2 is 1.53 bits per heavy atom. The number of amides is 1. The third-order valence-electron chi connectivity index (χ3n) is 7.28. The van der Waals surface area contributed by atoms with Gasteiger partial charge in [0.2, 0.25) is 15.9 Å². The number of carbonyl (C=O) groups excluding carboxylic acids is 1. The van der Waals surface area contributed by atoms with E-state index in [1.165, 1.54) is 21.3 Å². The van der Waals surface area contributed by atoms with E-state index in [1.54, 1.807) is 68.8 Å². The number of sulfonamides is 1. The molecule has 5 aromatic rings. The summed E-state index contributed by atoms with van der Waals surface area (Å²) in [6, 6.07) is 24.5. The Kier molecular flexibility index (Phi) is 10.0. The molecule has 1 aromatic heterocycles. The summed E-state index contributed by atoms with van der Waals surface area (Å²) in [5.74, 6) is 0.940. The lowest BCUT2D eigenvalue weighted by atomic mass is 10.1. The molecule has 0 aliphatic heterocycles. The number of aliphatic hydroxyl groups is 1. The lowest BCUT2D eigenvalue weighted by Crippen LogP contribution is -2.30. The number of aliphatic hydroxyl groups excluding tert-OH is 1. The molecule has 0 unspecified atom stereocenters. The third kappa shape index (κ3) is 7.46. The van der Waals surface area contributed by atoms with Crippen LogP contribution in [0.1, 0.15) is 16.7 Å². The molecular formula is C33H33ClN4O6S. The molecule has 0 radical (unpaired) electrons. The van der Waals surface area contributed by atoms with Gasteiger partial charge in [-0.2, -0.15) is 9.40 Å². The molecule has 0 atom stereocenters. The number of halogens is 1. The van der Waals surface area contributed by atoms with Crippen molar-refractivity contribution in [2.75, 3.05) is 26.1 Å². The van der Waals surface area contributed by atoms with Crippen LogP contribution in [0.25, 0.3) is 10.9 Å². The summed E-state index contributed by atoms with van der Waals surface area (Å²) in [7, 11) is -1.06. The summed E-state index contributed by atoms with van der Waals surface area (Å²) in [5, 5.41) is 17.6. The number of nitrogens with one attached hydrogen (secondary N) is 1. The summed E-state index contributed by atoms with van der Waals surface area (Å²) < 4.78 is 42.6. The zero-order valence-electron chi connectivity index (χ0n) is 24.8. The lowest BCUT2D eigenvalue weighted by Gasteiger charge is -2.24. The van der Waals surface area contributed by atoms with Crippen LogP contribution in [0.15, 0.2) is 96.0 Å². The summed E-state index contributed by atoms with van der Waals surface area (Å²) in [5.41, 5.74) is 2.87. The number of ether oxygens (including phenoxy) is 2. The molecule has 10 nitrogen and oxygen atoms in total. The van der Waals surface area contributed by atoms with Crippen LogP contribution >= 0.6 is 11.6 Å². The Labute approximate surface area is 266 Å². The number of anilines is 1. The van der Waals surface area contributed by atoms with Crippen molar-refractivity contribution >= 4 is 44.1 Å². The highest BCUT2D eigenvalue weighted by Crippen LogP contribution is 2.32. The summed E-state index contributed by atoms with van der Waals surface area (Å²) in [4.78, 5) is 13.1. The zero-order valence-corrected chi connectivity index (χ0v) is 26.4. The predicted molar refractivity (Wildman–Crippen MR) is 173 cm³/mol. The number of hydrogen-bond donors (Lipinski definition) is 2. The van der Waals surface area contributed by atoms with Crippen LogP contribution in [-0.4, -0.2) is 54.3 Å². The Morgan fingerprint density at radius 3 is 2.09 bits per heavy atom. The average Bonchev–Trinajstić information content (AvgIpc) is 3.44. The van der Waals surface area contributed by atoms with Gasteiger partial charge in [0.25, 0.3) is 0 Å². The first-order valence-corrected chi connectivity index (χ1v) is 15.9. The second-order valence-corrected chi connectivity index (χ2v) is 12.6. The molecule has 1 heterocycles. The van der Waals surface area contributed by atoms with Crippen molar-refractivity contribution in [1.82, 2.24) is 14.1 Å². The first-order chi connectivity index (χ1) is 21.7. The molecule has 4 aromatic carbocycles. The van der Waals surface area contributed by atoms with Crippen LogP contribution in [0.3, 0.4) is 0 Å². The van der Waals surface area contributed by atoms with E-state index < -0.39 is 10.0 Å². The molecule has 0 aliphatic carbocycles. The minimum Gasteiger partial charge on any atom is -0.497 e. The molecule has 1 amide bonds. The second kappa shape index (κ2) is 14.1. The van der Waals surface area contributed by atoms with Gasteiger partial charge in [-0.3, -0.25) is 9.48 Å². The van der Waals surface area contributed by atoms with Crippen molar-refractivity contribution in [2.45, 2.75) is 31.0 Å². The van der Waals surface area contributed by atoms with E-state index in [2.05, 4.69) is 10.4 Å². The van der Waals surface area contributed by atoms with E-state index in [9.17, 15) is 18.3 Å². The fourth-order valence-corrected chi connectivity index (χ4v) is 6.79. The minimum absolute atomic E-state index is 0.00321. The third-order valence-corrected chi connectivity index (χ3v) is 9.48. The fourth-order valence-electron chi connectivity index (χ4n) is 4.96. The van der Waals surface area contributed by atoms with Gasteiger partial charge in [-0.25, -0.2) is 8.42 Å². The largest absolute Gasteiger partial charge is 0.497 e. The lowest BCUT2D eigenvalue weighted by molar-refractivity contribution is -0.115. The standard InChI is InChI=1S/C33H33ClN4O6S/c1-43-27-11-7-23(8-12-27)21-37(22-24-9-13-28(44-2)14-10-24)45(41,42)32-19-26(18-31-29(32)20-35-38(31)15-16-39)36-33(40)17-25-5-3-4-6-30(25)34/h3-14,18-20,39H,15-17,21-22H2,1-2H3,(H,36,40). The number of benzene rings is 4. The van der Waals surface area contributed by atoms with Gasteiger partial charge >= 0.3 is 0 Å². The second-order valence-electron chi connectivity index (χ2n) is 10.3. The SMILES string of the molecule is COc1ccc(CN(Cc2ccc(OC)cc2)S(=O)(=O)c2cc(NC(=O)Cc3ccccc3Cl)cc3c2cnn3CCO)cc1. The van der Waals surface area contributed by atoms with E-state index in [1.807, 2.05) is 24.3 Å². The Bertz CT molecular complexity index is 1840. The van der Waals surface area contributed by atoms with Crippen LogP contribution < -0.4 is 14.8 Å². The van der Waals surface area contributed by atoms with Gasteiger partial charge in [0.1, 0.15) is 11.5 Å². The normalized spacial score (nSPS) is 11.6. The number of rotatable bonds is 13. The van der Waals surface area contributed by atoms with Gasteiger partial charge in [0.05, 0.1) is 50.4 Å². The van der Waals surface area contributed by atoms with E-state index >= 15 is 0 Å². The van der Waals surface area contributed by atoms with E-state index in [0.29, 0.717) is 33.0 Å². The van der Waals surface area contributed by atoms with Gasteiger partial charge < -0.3 is 19.9 Å². The van der Waals surface area contributed by atoms with Crippen LogP contribution in [0, 0.1) is 0 Å². The molecule has 2 N–H and O–H groups in total. The van der Waals surface area contributed by atoms with Crippen molar-refractivity contribution < 1.29 is 27.8 Å². The Balaban J connectivity index is 1.56. The predicted octanol–water partition coefficient (Wildman–Crippen LogP) is 5.27. The maximum Gasteiger partial charge on any atom is 0.244 e. The number of nitrogens with zero attached hydrogens (tertiary/aromatic N) is 3. The maximum atomic E-state index is 14.6. The van der Waals surface area contributed by atoms with Crippen LogP contribution in [-0.2, 0) is 40.9 Å². The number of aromatic nitrogens is 2. The van der Waals surface area contributed by atoms with Crippen LogP contribution in [0.4, 0.5) is 5.69 Å². The smallest absolute Gasteiger partial charge is 0.244 e.